The van der Waals surface area contributed by atoms with Crippen LogP contribution in [0.1, 0.15) is 6.42 Å². The summed E-state index contributed by atoms with van der Waals surface area (Å²) in [5, 5.41) is 0. The molecule has 1 rings (SSSR count). The Balaban J connectivity index is 0.00000169. The lowest BCUT2D eigenvalue weighted by Gasteiger charge is -2.18. The number of carbonyl (C=O) groups excluding carboxylic acids is 2. The van der Waals surface area contributed by atoms with Crippen LogP contribution >= 0.6 is 12.4 Å². The average Bonchev–Trinajstić information content (AvgIpc) is 2.50. The molecule has 0 saturated carbocycles. The summed E-state index contributed by atoms with van der Waals surface area (Å²) < 4.78 is 0. The lowest BCUT2D eigenvalue weighted by atomic mass is 10.4. The average molecular weight is 220 g/mol. The van der Waals surface area contributed by atoms with E-state index in [0.717, 1.165) is 6.29 Å². The number of hydrogen-bond donors (Lipinski definition) is 1. The third-order valence-corrected chi connectivity index (χ3v) is 1.81. The minimum absolute atomic E-state index is 0. The van der Waals surface area contributed by atoms with Gasteiger partial charge in [0.05, 0.1) is 13.2 Å². The molecule has 0 atom stereocenters. The van der Waals surface area contributed by atoms with E-state index in [4.69, 9.17) is 5.73 Å². The van der Waals surface area contributed by atoms with Crippen molar-refractivity contribution in [2.24, 2.45) is 5.73 Å². The molecule has 1 amide bonds. The second kappa shape index (κ2) is 6.26. The molecular formula is C8H14ClN3O2. The number of primary amides is 1. The minimum Gasteiger partial charge on any atom is -0.370 e. The molecule has 5 nitrogen and oxygen atoms in total. The standard InChI is InChI=1S/C8H13N3O2.ClH/c9-8(13)1-2-10-3-4-11(7-10)5-6-12;/h3-4,6H,1-2,5,7H2,(H2,9,13);1H. The van der Waals surface area contributed by atoms with Gasteiger partial charge in [0.2, 0.25) is 5.91 Å². The number of amides is 1. The van der Waals surface area contributed by atoms with Crippen molar-refractivity contribution in [1.29, 1.82) is 0 Å². The van der Waals surface area contributed by atoms with E-state index < -0.39 is 0 Å². The molecule has 0 fully saturated rings. The van der Waals surface area contributed by atoms with Crippen LogP contribution in [0.3, 0.4) is 0 Å². The van der Waals surface area contributed by atoms with E-state index in [2.05, 4.69) is 0 Å². The van der Waals surface area contributed by atoms with Crippen molar-refractivity contribution in [3.8, 4) is 0 Å². The first-order valence-corrected chi connectivity index (χ1v) is 4.10. The largest absolute Gasteiger partial charge is 0.370 e. The van der Waals surface area contributed by atoms with Crippen molar-refractivity contribution in [3.05, 3.63) is 12.4 Å². The summed E-state index contributed by atoms with van der Waals surface area (Å²) in [6.45, 7) is 1.66. The Kier molecular flexibility index (Phi) is 5.71. The van der Waals surface area contributed by atoms with Crippen molar-refractivity contribution in [2.75, 3.05) is 19.8 Å². The zero-order valence-corrected chi connectivity index (χ0v) is 8.57. The summed E-state index contributed by atoms with van der Waals surface area (Å²) in [6, 6.07) is 0. The molecule has 0 aromatic carbocycles. The molecule has 0 aromatic heterocycles. The highest BCUT2D eigenvalue weighted by Crippen LogP contribution is 2.05. The number of aldehydes is 1. The number of nitrogens with zero attached hydrogens (tertiary/aromatic N) is 2. The van der Waals surface area contributed by atoms with Gasteiger partial charge in [0, 0.05) is 25.4 Å². The molecule has 1 aliphatic rings. The molecule has 0 unspecified atom stereocenters. The van der Waals surface area contributed by atoms with Crippen LogP contribution < -0.4 is 5.73 Å². The third kappa shape index (κ3) is 4.13. The molecule has 0 aliphatic carbocycles. The van der Waals surface area contributed by atoms with Crippen LogP contribution in [0.4, 0.5) is 0 Å². The van der Waals surface area contributed by atoms with Crippen LogP contribution in [0.2, 0.25) is 0 Å². The van der Waals surface area contributed by atoms with Gasteiger partial charge in [-0.25, -0.2) is 0 Å². The molecule has 80 valence electrons. The summed E-state index contributed by atoms with van der Waals surface area (Å²) in [5.41, 5.74) is 5.00. The van der Waals surface area contributed by atoms with E-state index in [-0.39, 0.29) is 18.3 Å². The molecule has 0 radical (unpaired) electrons. The zero-order chi connectivity index (χ0) is 9.68. The Bertz CT molecular complexity index is 233. The topological polar surface area (TPSA) is 66.6 Å². The van der Waals surface area contributed by atoms with Crippen molar-refractivity contribution < 1.29 is 9.59 Å². The summed E-state index contributed by atoms with van der Waals surface area (Å²) in [7, 11) is 0. The monoisotopic (exact) mass is 219 g/mol. The molecule has 0 spiro atoms. The maximum Gasteiger partial charge on any atom is 0.219 e. The molecular weight excluding hydrogens is 206 g/mol. The molecule has 1 heterocycles. The van der Waals surface area contributed by atoms with Gasteiger partial charge in [-0.2, -0.15) is 0 Å². The minimum atomic E-state index is -0.303. The fourth-order valence-electron chi connectivity index (χ4n) is 1.13. The van der Waals surface area contributed by atoms with Crippen molar-refractivity contribution in [1.82, 2.24) is 9.80 Å². The number of rotatable bonds is 5. The third-order valence-electron chi connectivity index (χ3n) is 1.81. The second-order valence-electron chi connectivity index (χ2n) is 2.91. The molecule has 6 heteroatoms. The van der Waals surface area contributed by atoms with Crippen molar-refractivity contribution in [3.63, 3.8) is 0 Å². The predicted octanol–water partition coefficient (Wildman–Crippen LogP) is -0.471. The van der Waals surface area contributed by atoms with Gasteiger partial charge in [0.25, 0.3) is 0 Å². The Morgan fingerprint density at radius 1 is 1.43 bits per heavy atom. The number of halogens is 1. The summed E-state index contributed by atoms with van der Waals surface area (Å²) in [6.07, 6.45) is 4.88. The van der Waals surface area contributed by atoms with E-state index in [0.29, 0.717) is 26.2 Å². The van der Waals surface area contributed by atoms with Crippen LogP contribution in [-0.2, 0) is 9.59 Å². The number of carbonyl (C=O) groups is 2. The zero-order valence-electron chi connectivity index (χ0n) is 7.76. The molecule has 0 aromatic rings. The van der Waals surface area contributed by atoms with Crippen LogP contribution in [0, 0.1) is 0 Å². The molecule has 1 aliphatic heterocycles. The highest BCUT2D eigenvalue weighted by atomic mass is 35.5. The first-order chi connectivity index (χ1) is 6.22. The molecule has 0 saturated heterocycles. The van der Waals surface area contributed by atoms with Gasteiger partial charge in [0.1, 0.15) is 6.29 Å². The fraction of sp³-hybridized carbons (Fsp3) is 0.500. The maximum absolute atomic E-state index is 10.5. The Morgan fingerprint density at radius 3 is 2.64 bits per heavy atom. The van der Waals surface area contributed by atoms with E-state index >= 15 is 0 Å². The molecule has 2 N–H and O–H groups in total. The number of hydrogen-bond acceptors (Lipinski definition) is 4. The lowest BCUT2D eigenvalue weighted by molar-refractivity contribution is -0.118. The van der Waals surface area contributed by atoms with Crippen molar-refractivity contribution in [2.45, 2.75) is 6.42 Å². The second-order valence-corrected chi connectivity index (χ2v) is 2.91. The SMILES string of the molecule is Cl.NC(=O)CCN1C=CN(CC=O)C1. The molecule has 0 bridgehead atoms. The predicted molar refractivity (Wildman–Crippen MR) is 54.5 cm³/mol. The van der Waals surface area contributed by atoms with Gasteiger partial charge in [-0.3, -0.25) is 4.79 Å². The molecule has 14 heavy (non-hydrogen) atoms. The van der Waals surface area contributed by atoms with Gasteiger partial charge >= 0.3 is 0 Å². The van der Waals surface area contributed by atoms with Gasteiger partial charge in [-0.1, -0.05) is 0 Å². The first-order valence-electron chi connectivity index (χ1n) is 4.10. The fourth-order valence-corrected chi connectivity index (χ4v) is 1.13. The Hall–Kier alpha value is -1.23. The van der Waals surface area contributed by atoms with Gasteiger partial charge < -0.3 is 20.3 Å². The Morgan fingerprint density at radius 2 is 2.07 bits per heavy atom. The normalized spacial score (nSPS) is 14.0. The van der Waals surface area contributed by atoms with Gasteiger partial charge in [-0.15, -0.1) is 12.4 Å². The van der Waals surface area contributed by atoms with E-state index in [1.807, 2.05) is 22.2 Å². The van der Waals surface area contributed by atoms with Gasteiger partial charge in [-0.05, 0) is 0 Å². The summed E-state index contributed by atoms with van der Waals surface area (Å²) in [4.78, 5) is 24.4. The highest BCUT2D eigenvalue weighted by Gasteiger charge is 2.11. The van der Waals surface area contributed by atoms with E-state index in [9.17, 15) is 9.59 Å². The van der Waals surface area contributed by atoms with Crippen LogP contribution in [-0.4, -0.2) is 41.8 Å². The lowest BCUT2D eigenvalue weighted by Crippen LogP contribution is -2.29. The van der Waals surface area contributed by atoms with E-state index in [1.54, 1.807) is 0 Å². The summed E-state index contributed by atoms with van der Waals surface area (Å²) >= 11 is 0. The van der Waals surface area contributed by atoms with Crippen LogP contribution in [0.5, 0.6) is 0 Å². The van der Waals surface area contributed by atoms with Crippen LogP contribution in [0.25, 0.3) is 0 Å². The summed E-state index contributed by atoms with van der Waals surface area (Å²) in [5.74, 6) is -0.303. The maximum atomic E-state index is 10.5. The highest BCUT2D eigenvalue weighted by molar-refractivity contribution is 5.85. The van der Waals surface area contributed by atoms with Crippen molar-refractivity contribution >= 4 is 24.6 Å². The first kappa shape index (κ1) is 12.8. The quantitative estimate of drug-likeness (QED) is 0.635. The van der Waals surface area contributed by atoms with Crippen LogP contribution in [0.15, 0.2) is 12.4 Å². The number of nitrogens with two attached hydrogens (primary N) is 1. The van der Waals surface area contributed by atoms with Gasteiger partial charge in [0.15, 0.2) is 0 Å². The smallest absolute Gasteiger partial charge is 0.219 e. The van der Waals surface area contributed by atoms with E-state index in [1.165, 1.54) is 0 Å². The Labute approximate surface area is 88.9 Å².